The number of likely N-dealkylation sites (N-methyl/N-ethyl adjacent to an activating group) is 1. The summed E-state index contributed by atoms with van der Waals surface area (Å²) in [5.41, 5.74) is 8.32. The lowest BCUT2D eigenvalue weighted by Crippen LogP contribution is -2.48. The van der Waals surface area contributed by atoms with Gasteiger partial charge in [0.2, 0.25) is 18.0 Å². The fraction of sp³-hybridized carbons (Fsp3) is 0.407. The van der Waals surface area contributed by atoms with Gasteiger partial charge >= 0.3 is 0 Å². The molecule has 3 N–H and O–H groups in total. The smallest absolute Gasteiger partial charge is 0.272 e. The number of rotatable bonds is 7. The number of nitrogens with zero attached hydrogens (tertiary/aromatic N) is 2. The zero-order valence-corrected chi connectivity index (χ0v) is 20.7. The van der Waals surface area contributed by atoms with Gasteiger partial charge in [-0.1, -0.05) is 82.6 Å². The van der Waals surface area contributed by atoms with E-state index in [0.717, 1.165) is 11.1 Å². The Morgan fingerprint density at radius 3 is 2.24 bits per heavy atom. The predicted octanol–water partition coefficient (Wildman–Crippen LogP) is 3.90. The van der Waals surface area contributed by atoms with E-state index < -0.39 is 23.9 Å². The minimum absolute atomic E-state index is 0.0732. The van der Waals surface area contributed by atoms with Crippen molar-refractivity contribution in [3.8, 4) is 0 Å². The van der Waals surface area contributed by atoms with Gasteiger partial charge in [-0.2, -0.15) is 0 Å². The van der Waals surface area contributed by atoms with Gasteiger partial charge in [0.1, 0.15) is 0 Å². The van der Waals surface area contributed by atoms with Gasteiger partial charge in [-0.25, -0.2) is 4.99 Å². The second-order valence-electron chi connectivity index (χ2n) is 8.87. The molecule has 0 bridgehead atoms. The number of primary amides is 1. The van der Waals surface area contributed by atoms with Crippen LogP contribution in [-0.4, -0.2) is 36.6 Å². The normalized spacial score (nSPS) is 15.9. The lowest BCUT2D eigenvalue weighted by Gasteiger charge is -2.23. The fourth-order valence-corrected chi connectivity index (χ4v) is 3.79. The van der Waals surface area contributed by atoms with Crippen LogP contribution < -0.4 is 16.0 Å². The van der Waals surface area contributed by atoms with Crippen molar-refractivity contribution in [2.45, 2.75) is 53.1 Å². The van der Waals surface area contributed by atoms with Crippen molar-refractivity contribution in [1.82, 2.24) is 5.32 Å². The van der Waals surface area contributed by atoms with Crippen molar-refractivity contribution < 1.29 is 14.4 Å². The van der Waals surface area contributed by atoms with Crippen LogP contribution in [0.4, 0.5) is 5.69 Å². The number of fused-ring (bicyclic) bond motifs is 1. The van der Waals surface area contributed by atoms with Crippen LogP contribution in [0.3, 0.4) is 0 Å². The largest absolute Gasteiger partial charge is 0.370 e. The summed E-state index contributed by atoms with van der Waals surface area (Å²) in [6, 6.07) is 17.0. The van der Waals surface area contributed by atoms with Crippen LogP contribution in [-0.2, 0) is 14.4 Å². The molecular formula is C27H36N4O3. The van der Waals surface area contributed by atoms with E-state index in [4.69, 9.17) is 5.73 Å². The Labute approximate surface area is 202 Å². The molecule has 0 saturated carbocycles. The van der Waals surface area contributed by atoms with Gasteiger partial charge in [0.25, 0.3) is 5.91 Å². The molecule has 2 atom stereocenters. The Balaban J connectivity index is 0.00000129. The SMILES string of the molecule is CC(C)C[C@H](CC(N)=O)C(=O)NC1N=C(c2ccccc2)c2ccccc2N(C)C1=O.CCC. The Kier molecular flexibility index (Phi) is 9.98. The quantitative estimate of drug-likeness (QED) is 0.649. The highest BCUT2D eigenvalue weighted by atomic mass is 16.2. The molecule has 3 amide bonds. The van der Waals surface area contributed by atoms with Crippen LogP contribution in [0, 0.1) is 11.8 Å². The third-order valence-corrected chi connectivity index (χ3v) is 5.24. The van der Waals surface area contributed by atoms with Crippen LogP contribution in [0.1, 0.15) is 58.1 Å². The second kappa shape index (κ2) is 12.7. The summed E-state index contributed by atoms with van der Waals surface area (Å²) < 4.78 is 0. The predicted molar refractivity (Wildman–Crippen MR) is 137 cm³/mol. The minimum atomic E-state index is -1.11. The number of carbonyl (C=O) groups excluding carboxylic acids is 3. The Bertz CT molecular complexity index is 1020. The van der Waals surface area contributed by atoms with Crippen molar-refractivity contribution in [2.75, 3.05) is 11.9 Å². The lowest BCUT2D eigenvalue weighted by molar-refractivity contribution is -0.132. The molecule has 0 aromatic heterocycles. The molecule has 3 rings (SSSR count). The van der Waals surface area contributed by atoms with Crippen molar-refractivity contribution in [1.29, 1.82) is 0 Å². The van der Waals surface area contributed by atoms with Gasteiger partial charge in [0.05, 0.1) is 11.4 Å². The number of hydrogen-bond acceptors (Lipinski definition) is 4. The van der Waals surface area contributed by atoms with Crippen LogP contribution in [0.5, 0.6) is 0 Å². The highest BCUT2D eigenvalue weighted by Crippen LogP contribution is 2.27. The molecule has 0 saturated heterocycles. The number of nitrogens with two attached hydrogens (primary N) is 1. The molecule has 7 nitrogen and oxygen atoms in total. The summed E-state index contributed by atoms with van der Waals surface area (Å²) in [4.78, 5) is 43.9. The van der Waals surface area contributed by atoms with Gasteiger partial charge in [-0.3, -0.25) is 14.4 Å². The summed E-state index contributed by atoms with van der Waals surface area (Å²) >= 11 is 0. The molecular weight excluding hydrogens is 428 g/mol. The van der Waals surface area contributed by atoms with Gasteiger partial charge < -0.3 is 16.0 Å². The summed E-state index contributed by atoms with van der Waals surface area (Å²) in [6.07, 6.45) is 0.555. The zero-order chi connectivity index (χ0) is 25.3. The average molecular weight is 465 g/mol. The molecule has 7 heteroatoms. The number of nitrogens with one attached hydrogen (secondary N) is 1. The molecule has 1 unspecified atom stereocenters. The maximum Gasteiger partial charge on any atom is 0.272 e. The number of aliphatic imine (C=N–C) groups is 1. The maximum atomic E-state index is 13.2. The van der Waals surface area contributed by atoms with E-state index in [2.05, 4.69) is 24.2 Å². The first kappa shape index (κ1) is 26.8. The van der Waals surface area contributed by atoms with E-state index in [0.29, 0.717) is 17.8 Å². The first-order valence-corrected chi connectivity index (χ1v) is 11.8. The van der Waals surface area contributed by atoms with Crippen molar-refractivity contribution >= 4 is 29.1 Å². The Hall–Kier alpha value is -3.48. The number of para-hydroxylation sites is 1. The monoisotopic (exact) mass is 464 g/mol. The number of benzene rings is 2. The first-order chi connectivity index (χ1) is 16.2. The van der Waals surface area contributed by atoms with Crippen molar-refractivity contribution in [2.24, 2.45) is 22.6 Å². The van der Waals surface area contributed by atoms with Gasteiger partial charge in [-0.05, 0) is 18.4 Å². The lowest BCUT2D eigenvalue weighted by atomic mass is 9.93. The van der Waals surface area contributed by atoms with E-state index in [1.165, 1.54) is 11.3 Å². The first-order valence-electron chi connectivity index (χ1n) is 11.8. The van der Waals surface area contributed by atoms with E-state index in [9.17, 15) is 14.4 Å². The van der Waals surface area contributed by atoms with Crippen molar-refractivity contribution in [3.63, 3.8) is 0 Å². The Morgan fingerprint density at radius 1 is 1.06 bits per heavy atom. The number of carbonyl (C=O) groups is 3. The molecule has 0 fully saturated rings. The van der Waals surface area contributed by atoms with Gasteiger partial charge in [-0.15, -0.1) is 0 Å². The molecule has 2 aromatic rings. The standard InChI is InChI=1S/C24H28N4O3.C3H8/c1-15(2)13-17(14-20(25)29)23(30)27-22-24(31)28(3)19-12-8-7-11-18(19)21(26-22)16-9-5-4-6-10-16;1-3-2/h4-12,15,17,22H,13-14H2,1-3H3,(H2,25,29)(H,27,30);3H2,1-2H3/t17-,22?;/m1./s1. The molecule has 2 aromatic carbocycles. The molecule has 0 aliphatic carbocycles. The molecule has 34 heavy (non-hydrogen) atoms. The topological polar surface area (TPSA) is 105 Å². The fourth-order valence-electron chi connectivity index (χ4n) is 3.79. The Morgan fingerprint density at radius 2 is 1.65 bits per heavy atom. The van der Waals surface area contributed by atoms with Crippen LogP contribution in [0.25, 0.3) is 0 Å². The van der Waals surface area contributed by atoms with Gasteiger partial charge in [0.15, 0.2) is 0 Å². The molecule has 1 aliphatic rings. The highest BCUT2D eigenvalue weighted by molar-refractivity contribution is 6.20. The number of benzodiazepines with no additional fused rings is 1. The highest BCUT2D eigenvalue weighted by Gasteiger charge is 2.33. The van der Waals surface area contributed by atoms with Crippen LogP contribution in [0.15, 0.2) is 59.6 Å². The summed E-state index contributed by atoms with van der Waals surface area (Å²) in [5, 5.41) is 2.76. The summed E-state index contributed by atoms with van der Waals surface area (Å²) in [7, 11) is 1.67. The van der Waals surface area contributed by atoms with E-state index in [1.54, 1.807) is 7.05 Å². The van der Waals surface area contributed by atoms with Crippen LogP contribution >= 0.6 is 0 Å². The second-order valence-corrected chi connectivity index (χ2v) is 8.87. The van der Waals surface area contributed by atoms with Crippen molar-refractivity contribution in [3.05, 3.63) is 65.7 Å². The minimum Gasteiger partial charge on any atom is -0.370 e. The summed E-state index contributed by atoms with van der Waals surface area (Å²) in [5.74, 6) is -1.73. The van der Waals surface area contributed by atoms with Gasteiger partial charge in [0, 0.05) is 30.5 Å². The third kappa shape index (κ3) is 7.01. The molecule has 0 spiro atoms. The molecule has 182 valence electrons. The van der Waals surface area contributed by atoms with E-state index in [1.807, 2.05) is 68.4 Å². The van der Waals surface area contributed by atoms with Crippen LogP contribution in [0.2, 0.25) is 0 Å². The maximum absolute atomic E-state index is 13.2. The molecule has 0 radical (unpaired) electrons. The zero-order valence-electron chi connectivity index (χ0n) is 20.7. The summed E-state index contributed by atoms with van der Waals surface area (Å²) in [6.45, 7) is 8.18. The van der Waals surface area contributed by atoms with E-state index >= 15 is 0 Å². The third-order valence-electron chi connectivity index (χ3n) is 5.24. The number of amides is 3. The average Bonchev–Trinajstić information content (AvgIpc) is 2.90. The number of anilines is 1. The van der Waals surface area contributed by atoms with E-state index in [-0.39, 0.29) is 18.2 Å². The number of hydrogen-bond donors (Lipinski definition) is 2. The molecule has 1 aliphatic heterocycles. The molecule has 1 heterocycles.